The third kappa shape index (κ3) is 3.89. The predicted molar refractivity (Wildman–Crippen MR) is 61.5 cm³/mol. The Balaban J connectivity index is 2.31. The molecule has 0 heterocycles. The van der Waals surface area contributed by atoms with Crippen LogP contribution in [-0.4, -0.2) is 40.9 Å². The Morgan fingerprint density at radius 3 is 2.35 bits per heavy atom. The van der Waals surface area contributed by atoms with E-state index in [9.17, 15) is 14.7 Å². The van der Waals surface area contributed by atoms with Crippen LogP contribution in [-0.2, 0) is 4.79 Å². The molecule has 0 spiro atoms. The third-order valence-corrected chi connectivity index (χ3v) is 3.26. The second-order valence-corrected chi connectivity index (χ2v) is 5.30. The fraction of sp³-hybridized carbons (Fsp3) is 0.818. The minimum Gasteiger partial charge on any atom is -0.480 e. The van der Waals surface area contributed by atoms with E-state index in [1.165, 1.54) is 6.92 Å². The number of urea groups is 1. The molecule has 1 aliphatic carbocycles. The van der Waals surface area contributed by atoms with Crippen LogP contribution in [0.5, 0.6) is 0 Å². The molecule has 0 saturated heterocycles. The first-order valence-electron chi connectivity index (χ1n) is 5.69. The van der Waals surface area contributed by atoms with Crippen molar-refractivity contribution in [3.05, 3.63) is 0 Å². The highest BCUT2D eigenvalue weighted by atomic mass is 16.4. The zero-order chi connectivity index (χ0) is 13.2. The summed E-state index contributed by atoms with van der Waals surface area (Å²) in [6.45, 7) is 6.09. The van der Waals surface area contributed by atoms with Gasteiger partial charge in [-0.2, -0.15) is 0 Å². The first kappa shape index (κ1) is 13.8. The zero-order valence-corrected chi connectivity index (χ0v) is 10.4. The van der Waals surface area contributed by atoms with Crippen LogP contribution in [0.4, 0.5) is 4.79 Å². The van der Waals surface area contributed by atoms with Crippen LogP contribution >= 0.6 is 0 Å². The van der Waals surface area contributed by atoms with Crippen LogP contribution in [0.15, 0.2) is 0 Å². The quantitative estimate of drug-likeness (QED) is 0.554. The predicted octanol–water partition coefficient (Wildman–Crippen LogP) is 0.166. The first-order chi connectivity index (χ1) is 7.74. The molecule has 2 amide bonds. The molecule has 4 N–H and O–H groups in total. The van der Waals surface area contributed by atoms with Gasteiger partial charge in [-0.25, -0.2) is 9.59 Å². The number of carboxylic acids is 1. The number of aliphatic carboxylic acids is 1. The standard InChI is InChI=1S/C11H20N2O4/c1-6(14)8(9(15)16)13-10(17)12-5-7-4-11(7,2)3/h6-8,14H,4-5H2,1-3H3,(H,15,16)(H2,12,13,17). The number of hydrogen-bond acceptors (Lipinski definition) is 3. The Kier molecular flexibility index (Phi) is 3.98. The van der Waals surface area contributed by atoms with Gasteiger partial charge < -0.3 is 20.8 Å². The first-order valence-corrected chi connectivity index (χ1v) is 5.69. The maximum atomic E-state index is 11.4. The molecule has 1 rings (SSSR count). The summed E-state index contributed by atoms with van der Waals surface area (Å²) >= 11 is 0. The molecule has 0 bridgehead atoms. The number of hydrogen-bond donors (Lipinski definition) is 4. The summed E-state index contributed by atoms with van der Waals surface area (Å²) in [6, 6.07) is -1.83. The van der Waals surface area contributed by atoms with Crippen molar-refractivity contribution in [2.24, 2.45) is 11.3 Å². The Hall–Kier alpha value is -1.30. The van der Waals surface area contributed by atoms with E-state index in [4.69, 9.17) is 5.11 Å². The van der Waals surface area contributed by atoms with E-state index in [0.717, 1.165) is 6.42 Å². The second-order valence-electron chi connectivity index (χ2n) is 5.30. The van der Waals surface area contributed by atoms with Crippen molar-refractivity contribution in [2.75, 3.05) is 6.54 Å². The van der Waals surface area contributed by atoms with Crippen LogP contribution in [0.25, 0.3) is 0 Å². The number of rotatable bonds is 5. The molecule has 3 unspecified atom stereocenters. The van der Waals surface area contributed by atoms with Crippen LogP contribution in [0.1, 0.15) is 27.2 Å². The summed E-state index contributed by atoms with van der Waals surface area (Å²) in [6.07, 6.45) is -0.0675. The largest absolute Gasteiger partial charge is 0.480 e. The summed E-state index contributed by atoms with van der Waals surface area (Å²) in [5, 5.41) is 22.8. The minimum atomic E-state index is -1.28. The summed E-state index contributed by atoms with van der Waals surface area (Å²) in [5.74, 6) is -0.801. The minimum absolute atomic E-state index is 0.268. The fourth-order valence-electron chi connectivity index (χ4n) is 1.72. The second kappa shape index (κ2) is 4.91. The highest BCUT2D eigenvalue weighted by Crippen LogP contribution is 2.50. The maximum absolute atomic E-state index is 11.4. The summed E-state index contributed by atoms with van der Waals surface area (Å²) < 4.78 is 0. The monoisotopic (exact) mass is 244 g/mol. The average Bonchev–Trinajstić information content (AvgIpc) is 2.79. The molecule has 98 valence electrons. The van der Waals surface area contributed by atoms with Crippen molar-refractivity contribution in [3.63, 3.8) is 0 Å². The molecule has 3 atom stereocenters. The number of amides is 2. The lowest BCUT2D eigenvalue weighted by molar-refractivity contribution is -0.141. The highest BCUT2D eigenvalue weighted by Gasteiger charge is 2.45. The van der Waals surface area contributed by atoms with Crippen molar-refractivity contribution >= 4 is 12.0 Å². The van der Waals surface area contributed by atoms with Crippen molar-refractivity contribution in [3.8, 4) is 0 Å². The zero-order valence-electron chi connectivity index (χ0n) is 10.4. The SMILES string of the molecule is CC(O)C(NC(=O)NCC1CC1(C)C)C(=O)O. The van der Waals surface area contributed by atoms with Gasteiger partial charge in [0.15, 0.2) is 6.04 Å². The molecular formula is C11H20N2O4. The Morgan fingerprint density at radius 1 is 1.47 bits per heavy atom. The van der Waals surface area contributed by atoms with Gasteiger partial charge in [0.2, 0.25) is 0 Å². The van der Waals surface area contributed by atoms with Gasteiger partial charge in [0.25, 0.3) is 0 Å². The average molecular weight is 244 g/mol. The number of aliphatic hydroxyl groups is 1. The smallest absolute Gasteiger partial charge is 0.328 e. The molecule has 1 fully saturated rings. The molecule has 0 aromatic rings. The van der Waals surface area contributed by atoms with Gasteiger partial charge in [-0.15, -0.1) is 0 Å². The van der Waals surface area contributed by atoms with Gasteiger partial charge in [0.1, 0.15) is 0 Å². The van der Waals surface area contributed by atoms with E-state index in [2.05, 4.69) is 24.5 Å². The van der Waals surface area contributed by atoms with E-state index in [1.54, 1.807) is 0 Å². The van der Waals surface area contributed by atoms with Crippen LogP contribution < -0.4 is 10.6 Å². The summed E-state index contributed by atoms with van der Waals surface area (Å²) in [4.78, 5) is 22.1. The molecule has 1 aliphatic rings. The van der Waals surface area contributed by atoms with Gasteiger partial charge in [-0.05, 0) is 24.7 Å². The topological polar surface area (TPSA) is 98.7 Å². The normalized spacial score (nSPS) is 24.6. The molecule has 1 saturated carbocycles. The molecule has 6 nitrogen and oxygen atoms in total. The van der Waals surface area contributed by atoms with Crippen molar-refractivity contribution in [1.29, 1.82) is 0 Å². The maximum Gasteiger partial charge on any atom is 0.328 e. The highest BCUT2D eigenvalue weighted by molar-refractivity contribution is 5.82. The van der Waals surface area contributed by atoms with Gasteiger partial charge in [0, 0.05) is 6.54 Å². The van der Waals surface area contributed by atoms with E-state index in [-0.39, 0.29) is 5.41 Å². The van der Waals surface area contributed by atoms with Crippen LogP contribution in [0, 0.1) is 11.3 Å². The lowest BCUT2D eigenvalue weighted by Gasteiger charge is -2.17. The van der Waals surface area contributed by atoms with E-state index < -0.39 is 24.1 Å². The van der Waals surface area contributed by atoms with Gasteiger partial charge in [-0.3, -0.25) is 0 Å². The fourth-order valence-corrected chi connectivity index (χ4v) is 1.72. The number of nitrogens with one attached hydrogen (secondary N) is 2. The van der Waals surface area contributed by atoms with Crippen molar-refractivity contribution < 1.29 is 19.8 Å². The number of carboxylic acid groups (broad SMARTS) is 1. The lowest BCUT2D eigenvalue weighted by atomic mass is 10.1. The van der Waals surface area contributed by atoms with Gasteiger partial charge in [0.05, 0.1) is 6.10 Å². The molecule has 0 aromatic heterocycles. The molecule has 0 aromatic carbocycles. The number of aliphatic hydroxyl groups excluding tert-OH is 1. The van der Waals surface area contributed by atoms with E-state index in [1.807, 2.05) is 0 Å². The molecule has 0 radical (unpaired) electrons. The van der Waals surface area contributed by atoms with Crippen molar-refractivity contribution in [1.82, 2.24) is 10.6 Å². The molecule has 17 heavy (non-hydrogen) atoms. The van der Waals surface area contributed by atoms with Crippen LogP contribution in [0.2, 0.25) is 0 Å². The van der Waals surface area contributed by atoms with Gasteiger partial charge >= 0.3 is 12.0 Å². The molecular weight excluding hydrogens is 224 g/mol. The summed E-state index contributed by atoms with van der Waals surface area (Å²) in [5.41, 5.74) is 0.268. The van der Waals surface area contributed by atoms with Crippen molar-refractivity contribution in [2.45, 2.75) is 39.3 Å². The van der Waals surface area contributed by atoms with E-state index in [0.29, 0.717) is 12.5 Å². The number of carbonyl (C=O) groups excluding carboxylic acids is 1. The third-order valence-electron chi connectivity index (χ3n) is 3.26. The molecule has 0 aliphatic heterocycles. The Bertz CT molecular complexity index is 315. The van der Waals surface area contributed by atoms with E-state index >= 15 is 0 Å². The van der Waals surface area contributed by atoms with Crippen LogP contribution in [0.3, 0.4) is 0 Å². The Labute approximate surface area is 100 Å². The molecule has 6 heteroatoms. The Morgan fingerprint density at radius 2 is 2.00 bits per heavy atom. The lowest BCUT2D eigenvalue weighted by Crippen LogP contribution is -2.51. The number of carbonyl (C=O) groups is 2. The van der Waals surface area contributed by atoms with Gasteiger partial charge in [-0.1, -0.05) is 13.8 Å². The summed E-state index contributed by atoms with van der Waals surface area (Å²) in [7, 11) is 0.